The summed E-state index contributed by atoms with van der Waals surface area (Å²) in [6.45, 7) is 5.91. The minimum absolute atomic E-state index is 0.300. The molecule has 4 atom stereocenters. The van der Waals surface area contributed by atoms with Crippen molar-refractivity contribution in [3.63, 3.8) is 0 Å². The molecule has 0 aromatic heterocycles. The van der Waals surface area contributed by atoms with E-state index in [9.17, 15) is 10.2 Å². The largest absolute Gasteiger partial charge is 0.390 e. The molecule has 2 N–H and O–H groups in total. The second-order valence-electron chi connectivity index (χ2n) is 5.19. The van der Waals surface area contributed by atoms with Crippen LogP contribution in [0.25, 0.3) is 0 Å². The van der Waals surface area contributed by atoms with E-state index in [0.717, 1.165) is 12.8 Å². The second-order valence-corrected chi connectivity index (χ2v) is 5.19. The minimum atomic E-state index is -0.901. The highest BCUT2D eigenvalue weighted by atomic mass is 16.3. The summed E-state index contributed by atoms with van der Waals surface area (Å²) in [4.78, 5) is 0. The fourth-order valence-electron chi connectivity index (χ4n) is 2.48. The van der Waals surface area contributed by atoms with Gasteiger partial charge in [-0.2, -0.15) is 0 Å². The smallest absolute Gasteiger partial charge is 0.0877 e. The van der Waals surface area contributed by atoms with Crippen molar-refractivity contribution >= 4 is 0 Å². The summed E-state index contributed by atoms with van der Waals surface area (Å²) in [7, 11) is 0. The lowest BCUT2D eigenvalue weighted by atomic mass is 9.75. The van der Waals surface area contributed by atoms with Crippen LogP contribution in [0.4, 0.5) is 0 Å². The standard InChI is InChI=1S/C12H24O2/c1-4-12(3,14)11(13)10-7-5-6-9(2)8-10/h9-11,13-14H,4-8H2,1-3H3. The molecule has 0 heterocycles. The van der Waals surface area contributed by atoms with E-state index in [-0.39, 0.29) is 0 Å². The second kappa shape index (κ2) is 4.63. The molecule has 14 heavy (non-hydrogen) atoms. The zero-order valence-corrected chi connectivity index (χ0v) is 9.66. The molecule has 2 heteroatoms. The van der Waals surface area contributed by atoms with Crippen molar-refractivity contribution in [2.24, 2.45) is 11.8 Å². The maximum Gasteiger partial charge on any atom is 0.0877 e. The third-order valence-electron chi connectivity index (χ3n) is 3.78. The molecule has 0 aromatic rings. The first-order valence-electron chi connectivity index (χ1n) is 5.87. The number of aliphatic hydroxyl groups excluding tert-OH is 1. The molecule has 4 unspecified atom stereocenters. The Labute approximate surface area is 87.3 Å². The summed E-state index contributed by atoms with van der Waals surface area (Å²) >= 11 is 0. The van der Waals surface area contributed by atoms with E-state index in [1.807, 2.05) is 6.92 Å². The summed E-state index contributed by atoms with van der Waals surface area (Å²) in [5.74, 6) is 1.00. The van der Waals surface area contributed by atoms with E-state index in [2.05, 4.69) is 6.92 Å². The van der Waals surface area contributed by atoms with E-state index >= 15 is 0 Å². The Hall–Kier alpha value is -0.0800. The van der Waals surface area contributed by atoms with Gasteiger partial charge in [0.25, 0.3) is 0 Å². The maximum absolute atomic E-state index is 10.1. The Kier molecular flexibility index (Phi) is 3.96. The van der Waals surface area contributed by atoms with Crippen LogP contribution in [0.1, 0.15) is 52.9 Å². The van der Waals surface area contributed by atoms with Crippen LogP contribution in [0.15, 0.2) is 0 Å². The quantitative estimate of drug-likeness (QED) is 0.734. The predicted molar refractivity (Wildman–Crippen MR) is 58.0 cm³/mol. The summed E-state index contributed by atoms with van der Waals surface area (Å²) in [6, 6.07) is 0. The topological polar surface area (TPSA) is 40.5 Å². The minimum Gasteiger partial charge on any atom is -0.390 e. The van der Waals surface area contributed by atoms with Gasteiger partial charge in [-0.25, -0.2) is 0 Å². The normalized spacial score (nSPS) is 34.9. The molecular formula is C12H24O2. The van der Waals surface area contributed by atoms with Gasteiger partial charge in [-0.1, -0.05) is 26.7 Å². The summed E-state index contributed by atoms with van der Waals surface area (Å²) in [6.07, 6.45) is 4.69. The highest BCUT2D eigenvalue weighted by molar-refractivity contribution is 4.88. The molecule has 0 spiro atoms. The molecule has 0 saturated heterocycles. The molecule has 0 aromatic carbocycles. The van der Waals surface area contributed by atoms with Gasteiger partial charge in [0, 0.05) is 0 Å². The molecule has 1 aliphatic carbocycles. The maximum atomic E-state index is 10.1. The number of aliphatic hydroxyl groups is 2. The molecule has 1 aliphatic rings. The molecule has 2 nitrogen and oxygen atoms in total. The Bertz CT molecular complexity index is 177. The van der Waals surface area contributed by atoms with Crippen molar-refractivity contribution in [3.8, 4) is 0 Å². The first kappa shape index (κ1) is 12.0. The Balaban J connectivity index is 2.55. The van der Waals surface area contributed by atoms with Crippen LogP contribution in [-0.2, 0) is 0 Å². The van der Waals surface area contributed by atoms with Gasteiger partial charge in [0.05, 0.1) is 11.7 Å². The Morgan fingerprint density at radius 1 is 1.43 bits per heavy atom. The zero-order chi connectivity index (χ0) is 10.8. The molecule has 1 fully saturated rings. The van der Waals surface area contributed by atoms with Crippen LogP contribution in [0.5, 0.6) is 0 Å². The van der Waals surface area contributed by atoms with Crippen molar-refractivity contribution in [1.82, 2.24) is 0 Å². The molecule has 0 amide bonds. The molecule has 1 rings (SSSR count). The third-order valence-corrected chi connectivity index (χ3v) is 3.78. The van der Waals surface area contributed by atoms with Gasteiger partial charge in [0.15, 0.2) is 0 Å². The van der Waals surface area contributed by atoms with Crippen molar-refractivity contribution in [3.05, 3.63) is 0 Å². The van der Waals surface area contributed by atoms with Gasteiger partial charge < -0.3 is 10.2 Å². The lowest BCUT2D eigenvalue weighted by Gasteiger charge is -2.37. The zero-order valence-electron chi connectivity index (χ0n) is 9.66. The number of rotatable bonds is 3. The van der Waals surface area contributed by atoms with Gasteiger partial charge in [0.2, 0.25) is 0 Å². The van der Waals surface area contributed by atoms with Crippen LogP contribution in [0.3, 0.4) is 0 Å². The van der Waals surface area contributed by atoms with Crippen LogP contribution in [0, 0.1) is 11.8 Å². The van der Waals surface area contributed by atoms with Gasteiger partial charge >= 0.3 is 0 Å². The van der Waals surface area contributed by atoms with Gasteiger partial charge in [-0.15, -0.1) is 0 Å². The van der Waals surface area contributed by atoms with Crippen molar-refractivity contribution in [2.75, 3.05) is 0 Å². The van der Waals surface area contributed by atoms with E-state index in [1.165, 1.54) is 12.8 Å². The molecule has 84 valence electrons. The molecular weight excluding hydrogens is 176 g/mol. The first-order chi connectivity index (χ1) is 6.47. The monoisotopic (exact) mass is 200 g/mol. The molecule has 0 bridgehead atoms. The summed E-state index contributed by atoms with van der Waals surface area (Å²) in [5, 5.41) is 20.0. The van der Waals surface area contributed by atoms with Crippen LogP contribution < -0.4 is 0 Å². The van der Waals surface area contributed by atoms with E-state index < -0.39 is 11.7 Å². The van der Waals surface area contributed by atoms with Crippen molar-refractivity contribution in [2.45, 2.75) is 64.6 Å². The van der Waals surface area contributed by atoms with E-state index in [1.54, 1.807) is 6.92 Å². The number of hydrogen-bond donors (Lipinski definition) is 2. The SMILES string of the molecule is CCC(C)(O)C(O)C1CCCC(C)C1. The fourth-order valence-corrected chi connectivity index (χ4v) is 2.48. The van der Waals surface area contributed by atoms with Crippen molar-refractivity contribution in [1.29, 1.82) is 0 Å². The third kappa shape index (κ3) is 2.71. The van der Waals surface area contributed by atoms with Gasteiger partial charge in [-0.3, -0.25) is 0 Å². The first-order valence-corrected chi connectivity index (χ1v) is 5.87. The highest BCUT2D eigenvalue weighted by Crippen LogP contribution is 2.34. The molecule has 0 aliphatic heterocycles. The Morgan fingerprint density at radius 3 is 2.57 bits per heavy atom. The highest BCUT2D eigenvalue weighted by Gasteiger charge is 2.36. The average Bonchev–Trinajstić information content (AvgIpc) is 2.16. The lowest BCUT2D eigenvalue weighted by molar-refractivity contribution is -0.0998. The predicted octanol–water partition coefficient (Wildman–Crippen LogP) is 2.33. The average molecular weight is 200 g/mol. The van der Waals surface area contributed by atoms with E-state index in [0.29, 0.717) is 18.3 Å². The molecule has 0 radical (unpaired) electrons. The van der Waals surface area contributed by atoms with Crippen LogP contribution in [0.2, 0.25) is 0 Å². The van der Waals surface area contributed by atoms with Gasteiger partial charge in [-0.05, 0) is 38.0 Å². The lowest BCUT2D eigenvalue weighted by Crippen LogP contribution is -2.44. The van der Waals surface area contributed by atoms with Crippen LogP contribution >= 0.6 is 0 Å². The Morgan fingerprint density at radius 2 is 2.07 bits per heavy atom. The number of hydrogen-bond acceptors (Lipinski definition) is 2. The summed E-state index contributed by atoms with van der Waals surface area (Å²) < 4.78 is 0. The molecule has 1 saturated carbocycles. The van der Waals surface area contributed by atoms with Crippen molar-refractivity contribution < 1.29 is 10.2 Å². The van der Waals surface area contributed by atoms with E-state index in [4.69, 9.17) is 0 Å². The van der Waals surface area contributed by atoms with Crippen LogP contribution in [-0.4, -0.2) is 21.9 Å². The fraction of sp³-hybridized carbons (Fsp3) is 1.00. The summed E-state index contributed by atoms with van der Waals surface area (Å²) in [5.41, 5.74) is -0.901. The van der Waals surface area contributed by atoms with Gasteiger partial charge in [0.1, 0.15) is 0 Å².